The molecular weight excluding hydrogens is 274 g/mol. The van der Waals surface area contributed by atoms with E-state index in [0.717, 1.165) is 21.4 Å². The third-order valence-corrected chi connectivity index (χ3v) is 4.99. The number of hydrogen-bond donors (Lipinski definition) is 0. The zero-order chi connectivity index (χ0) is 15.0. The first-order valence-electron chi connectivity index (χ1n) is 6.60. The Labute approximate surface area is 121 Å². The molecule has 2 aromatic rings. The molecule has 0 aliphatic carbocycles. The molecular formula is C14H19N3O2S. The summed E-state index contributed by atoms with van der Waals surface area (Å²) in [5.74, 6) is 0. The molecule has 0 bridgehead atoms. The van der Waals surface area contributed by atoms with Gasteiger partial charge in [-0.1, -0.05) is 13.8 Å². The number of nitrogens with zero attached hydrogens (tertiary/aromatic N) is 3. The van der Waals surface area contributed by atoms with Crippen molar-refractivity contribution in [2.24, 2.45) is 14.1 Å². The lowest BCUT2D eigenvalue weighted by molar-refractivity contribution is 0.705. The van der Waals surface area contributed by atoms with E-state index in [9.17, 15) is 9.59 Å². The average Bonchev–Trinajstić information content (AvgIpc) is 2.44. The molecule has 0 fully saturated rings. The summed E-state index contributed by atoms with van der Waals surface area (Å²) in [6, 6.07) is 0. The maximum atomic E-state index is 12.4. The Bertz CT molecular complexity index is 777. The van der Waals surface area contributed by atoms with E-state index < -0.39 is 0 Å². The summed E-state index contributed by atoms with van der Waals surface area (Å²) in [7, 11) is 3.15. The minimum Gasteiger partial charge on any atom is -0.280 e. The van der Waals surface area contributed by atoms with Gasteiger partial charge in [0.05, 0.1) is 5.39 Å². The molecule has 0 aliphatic rings. The Balaban J connectivity index is 2.91. The van der Waals surface area contributed by atoms with Crippen molar-refractivity contribution >= 4 is 22.8 Å². The molecule has 0 N–H and O–H groups in total. The molecule has 1 unspecified atom stereocenters. The van der Waals surface area contributed by atoms with Gasteiger partial charge in [0.1, 0.15) is 5.65 Å². The van der Waals surface area contributed by atoms with Gasteiger partial charge in [-0.2, -0.15) is 0 Å². The minimum absolute atomic E-state index is 0.273. The number of hydrogen-bond acceptors (Lipinski definition) is 4. The Morgan fingerprint density at radius 2 is 1.95 bits per heavy atom. The van der Waals surface area contributed by atoms with Crippen LogP contribution in [0.3, 0.4) is 0 Å². The van der Waals surface area contributed by atoms with E-state index in [0.29, 0.717) is 16.3 Å². The molecule has 1 atom stereocenters. The quantitative estimate of drug-likeness (QED) is 0.810. The number of aromatic nitrogens is 3. The molecule has 0 saturated heterocycles. The van der Waals surface area contributed by atoms with Gasteiger partial charge < -0.3 is 0 Å². The molecule has 2 aromatic heterocycles. The number of rotatable bonds is 3. The Morgan fingerprint density at radius 3 is 2.55 bits per heavy atom. The number of fused-ring (bicyclic) bond motifs is 1. The molecule has 0 radical (unpaired) electrons. The monoisotopic (exact) mass is 293 g/mol. The fourth-order valence-corrected chi connectivity index (χ4v) is 3.14. The van der Waals surface area contributed by atoms with Crippen molar-refractivity contribution in [3.63, 3.8) is 0 Å². The first-order chi connectivity index (χ1) is 9.38. The summed E-state index contributed by atoms with van der Waals surface area (Å²) in [6.07, 6.45) is 2.74. The molecule has 0 aromatic carbocycles. The van der Waals surface area contributed by atoms with Gasteiger partial charge >= 0.3 is 5.69 Å². The van der Waals surface area contributed by atoms with Gasteiger partial charge in [0.15, 0.2) is 0 Å². The van der Waals surface area contributed by atoms with E-state index in [1.807, 2.05) is 6.92 Å². The van der Waals surface area contributed by atoms with Crippen molar-refractivity contribution < 1.29 is 0 Å². The van der Waals surface area contributed by atoms with E-state index in [1.165, 1.54) is 11.6 Å². The van der Waals surface area contributed by atoms with Gasteiger partial charge in [-0.25, -0.2) is 9.78 Å². The van der Waals surface area contributed by atoms with Crippen LogP contribution in [0.1, 0.15) is 25.8 Å². The summed E-state index contributed by atoms with van der Waals surface area (Å²) in [5.41, 5.74) is 0.802. The molecule has 2 heterocycles. The molecule has 20 heavy (non-hydrogen) atoms. The molecule has 0 aliphatic heterocycles. The maximum Gasteiger partial charge on any atom is 0.332 e. The fraction of sp³-hybridized carbons (Fsp3) is 0.500. The van der Waals surface area contributed by atoms with Crippen LogP contribution in [-0.2, 0) is 14.1 Å². The highest BCUT2D eigenvalue weighted by Gasteiger charge is 2.17. The van der Waals surface area contributed by atoms with Crippen LogP contribution >= 0.6 is 11.8 Å². The van der Waals surface area contributed by atoms with Crippen LogP contribution < -0.4 is 11.2 Å². The van der Waals surface area contributed by atoms with Crippen LogP contribution in [0.4, 0.5) is 0 Å². The number of pyridine rings is 1. The standard InChI is InChI=1S/C14H19N3O2S/c1-6-9(3)20-11-8(2)7-15-12-10(11)13(18)17(5)14(19)16(12)4/h7,9H,6H2,1-5H3. The lowest BCUT2D eigenvalue weighted by atomic mass is 10.2. The smallest absolute Gasteiger partial charge is 0.280 e. The van der Waals surface area contributed by atoms with Crippen molar-refractivity contribution in [2.75, 3.05) is 0 Å². The second kappa shape index (κ2) is 5.44. The van der Waals surface area contributed by atoms with Gasteiger partial charge in [-0.05, 0) is 18.9 Å². The second-order valence-electron chi connectivity index (χ2n) is 5.01. The number of aryl methyl sites for hydroxylation is 2. The van der Waals surface area contributed by atoms with Gasteiger partial charge in [-0.3, -0.25) is 13.9 Å². The lowest BCUT2D eigenvalue weighted by Crippen LogP contribution is -2.37. The third kappa shape index (κ3) is 2.28. The molecule has 0 spiro atoms. The molecule has 6 heteroatoms. The van der Waals surface area contributed by atoms with Crippen LogP contribution in [0.5, 0.6) is 0 Å². The number of thioether (sulfide) groups is 1. The van der Waals surface area contributed by atoms with E-state index in [4.69, 9.17) is 0 Å². The predicted molar refractivity (Wildman–Crippen MR) is 82.6 cm³/mol. The second-order valence-corrected chi connectivity index (χ2v) is 6.46. The Hall–Kier alpha value is -1.56. The Morgan fingerprint density at radius 1 is 1.30 bits per heavy atom. The van der Waals surface area contributed by atoms with Crippen LogP contribution in [0.2, 0.25) is 0 Å². The van der Waals surface area contributed by atoms with Gasteiger partial charge in [-0.15, -0.1) is 11.8 Å². The van der Waals surface area contributed by atoms with E-state index in [-0.39, 0.29) is 11.2 Å². The largest absolute Gasteiger partial charge is 0.332 e. The lowest BCUT2D eigenvalue weighted by Gasteiger charge is -2.14. The highest BCUT2D eigenvalue weighted by molar-refractivity contribution is 8.00. The molecule has 5 nitrogen and oxygen atoms in total. The zero-order valence-electron chi connectivity index (χ0n) is 12.4. The highest BCUT2D eigenvalue weighted by atomic mass is 32.2. The van der Waals surface area contributed by atoms with E-state index in [2.05, 4.69) is 18.8 Å². The van der Waals surface area contributed by atoms with Crippen LogP contribution in [0.15, 0.2) is 20.7 Å². The summed E-state index contributed by atoms with van der Waals surface area (Å²) < 4.78 is 2.57. The summed E-state index contributed by atoms with van der Waals surface area (Å²) in [5, 5.41) is 0.946. The van der Waals surface area contributed by atoms with Crippen molar-refractivity contribution in [1.29, 1.82) is 0 Å². The molecule has 2 rings (SSSR count). The average molecular weight is 293 g/mol. The van der Waals surface area contributed by atoms with Crippen molar-refractivity contribution in [1.82, 2.24) is 14.1 Å². The Kier molecular flexibility index (Phi) is 4.04. The van der Waals surface area contributed by atoms with E-state index in [1.54, 1.807) is 25.0 Å². The molecule has 0 saturated carbocycles. The molecule has 0 amide bonds. The zero-order valence-corrected chi connectivity index (χ0v) is 13.2. The SMILES string of the molecule is CCC(C)Sc1c(C)cnc2c1c(=O)n(C)c(=O)n2C. The minimum atomic E-state index is -0.349. The van der Waals surface area contributed by atoms with Crippen molar-refractivity contribution in [3.8, 4) is 0 Å². The van der Waals surface area contributed by atoms with Gasteiger partial charge in [0, 0.05) is 30.4 Å². The first-order valence-corrected chi connectivity index (χ1v) is 7.48. The summed E-state index contributed by atoms with van der Waals surface area (Å²) in [6.45, 7) is 6.19. The van der Waals surface area contributed by atoms with Crippen LogP contribution in [-0.4, -0.2) is 19.4 Å². The predicted octanol–water partition coefficient (Wildman–Crippen LogP) is 1.83. The van der Waals surface area contributed by atoms with E-state index >= 15 is 0 Å². The van der Waals surface area contributed by atoms with Crippen molar-refractivity contribution in [3.05, 3.63) is 32.6 Å². The van der Waals surface area contributed by atoms with Crippen molar-refractivity contribution in [2.45, 2.75) is 37.3 Å². The van der Waals surface area contributed by atoms with Gasteiger partial charge in [0.25, 0.3) is 5.56 Å². The topological polar surface area (TPSA) is 56.9 Å². The summed E-state index contributed by atoms with van der Waals surface area (Å²) >= 11 is 1.67. The normalized spacial score (nSPS) is 12.8. The summed E-state index contributed by atoms with van der Waals surface area (Å²) in [4.78, 5) is 29.6. The first kappa shape index (κ1) is 14.8. The fourth-order valence-electron chi connectivity index (χ4n) is 2.03. The molecule has 108 valence electrons. The third-order valence-electron chi connectivity index (χ3n) is 3.49. The van der Waals surface area contributed by atoms with Gasteiger partial charge in [0.2, 0.25) is 0 Å². The maximum absolute atomic E-state index is 12.4. The van der Waals surface area contributed by atoms with Crippen LogP contribution in [0, 0.1) is 6.92 Å². The highest BCUT2D eigenvalue weighted by Crippen LogP contribution is 2.31. The van der Waals surface area contributed by atoms with Crippen LogP contribution in [0.25, 0.3) is 11.0 Å².